The second-order valence-electron chi connectivity index (χ2n) is 8.44. The molecule has 32 heavy (non-hydrogen) atoms. The summed E-state index contributed by atoms with van der Waals surface area (Å²) in [4.78, 5) is 39.7. The van der Waals surface area contributed by atoms with Crippen molar-refractivity contribution in [2.75, 3.05) is 12.4 Å². The number of benzene rings is 2. The van der Waals surface area contributed by atoms with Crippen LogP contribution in [0.4, 0.5) is 5.69 Å². The number of ether oxygens (including phenoxy) is 1. The molecule has 3 rings (SSSR count). The molecule has 3 aromatic rings. The van der Waals surface area contributed by atoms with Gasteiger partial charge in [-0.05, 0) is 0 Å². The second kappa shape index (κ2) is 9.87. The first-order valence-electron chi connectivity index (χ1n) is 10.2. The molecule has 8 heteroatoms. The summed E-state index contributed by atoms with van der Waals surface area (Å²) in [6.45, 7) is 0. The zero-order chi connectivity index (χ0) is 23.3. The van der Waals surface area contributed by atoms with Gasteiger partial charge < -0.3 is 0 Å². The first kappa shape index (κ1) is 23.3. The number of aromatic nitrogens is 1. The van der Waals surface area contributed by atoms with E-state index < -0.39 is 25.2 Å². The fourth-order valence-electron chi connectivity index (χ4n) is 3.13. The molecule has 0 fully saturated rings. The number of nitrogens with one attached hydrogen (secondary N) is 3. The van der Waals surface area contributed by atoms with Crippen molar-refractivity contribution in [1.29, 1.82) is 0 Å². The van der Waals surface area contributed by atoms with Gasteiger partial charge in [0.25, 0.3) is 0 Å². The normalized spacial score (nSPS) is 12.0. The van der Waals surface area contributed by atoms with E-state index in [0.29, 0.717) is 17.0 Å². The molecule has 2 aromatic carbocycles. The summed E-state index contributed by atoms with van der Waals surface area (Å²) in [5.74, 6) is 6.70. The van der Waals surface area contributed by atoms with Gasteiger partial charge in [-0.3, -0.25) is 4.79 Å². The predicted molar refractivity (Wildman–Crippen MR) is 128 cm³/mol. The molecule has 1 atom stereocenters. The molecule has 0 spiro atoms. The summed E-state index contributed by atoms with van der Waals surface area (Å²) in [5.41, 5.74) is 1.19. The van der Waals surface area contributed by atoms with Gasteiger partial charge in [-0.2, -0.15) is 0 Å². The Balaban J connectivity index is 1.85. The average molecular weight is 494 g/mol. The fourth-order valence-corrected chi connectivity index (χ4v) is 5.58. The van der Waals surface area contributed by atoms with Gasteiger partial charge in [0.2, 0.25) is 5.56 Å². The number of H-pyrrole nitrogens is 1. The summed E-state index contributed by atoms with van der Waals surface area (Å²) < 4.78 is 6.52. The average Bonchev–Trinajstić information content (AvgIpc) is 2.77. The van der Waals surface area contributed by atoms with Crippen LogP contribution in [-0.4, -0.2) is 37.2 Å². The van der Waals surface area contributed by atoms with E-state index in [1.54, 1.807) is 31.4 Å². The zero-order valence-electron chi connectivity index (χ0n) is 18.6. The molecular formula is C24H27GeN3O4. The van der Waals surface area contributed by atoms with Gasteiger partial charge in [0.15, 0.2) is 0 Å². The van der Waals surface area contributed by atoms with Crippen LogP contribution in [-0.2, 0) is 4.79 Å². The van der Waals surface area contributed by atoms with Crippen LogP contribution in [0.15, 0.2) is 71.7 Å². The van der Waals surface area contributed by atoms with E-state index in [9.17, 15) is 14.4 Å². The van der Waals surface area contributed by atoms with Crippen molar-refractivity contribution in [2.45, 2.75) is 23.3 Å². The second-order valence-corrected chi connectivity index (χ2v) is 19.1. The molecule has 1 aromatic heterocycles. The van der Waals surface area contributed by atoms with Crippen molar-refractivity contribution in [3.8, 4) is 5.75 Å². The van der Waals surface area contributed by atoms with E-state index in [0.717, 1.165) is 0 Å². The van der Waals surface area contributed by atoms with Gasteiger partial charge in [0.05, 0.1) is 7.11 Å². The van der Waals surface area contributed by atoms with Gasteiger partial charge in [0.1, 0.15) is 0 Å². The number of methoxy groups -OCH3 is 1. The van der Waals surface area contributed by atoms with Crippen molar-refractivity contribution in [3.05, 3.63) is 88.3 Å². The third-order valence-electron chi connectivity index (χ3n) is 5.05. The van der Waals surface area contributed by atoms with Gasteiger partial charge in [-0.1, -0.05) is 0 Å². The topological polar surface area (TPSA) is 100 Å². The molecule has 0 aliphatic rings. The molecule has 0 aliphatic heterocycles. The van der Waals surface area contributed by atoms with Crippen molar-refractivity contribution in [3.63, 3.8) is 0 Å². The monoisotopic (exact) mass is 495 g/mol. The Kier molecular flexibility index (Phi) is 7.19. The number of carbonyl (C=O) groups excluding carboxylic acids is 2. The van der Waals surface area contributed by atoms with Crippen LogP contribution in [0.25, 0.3) is 0 Å². The first-order valence-corrected chi connectivity index (χ1v) is 17.6. The van der Waals surface area contributed by atoms with E-state index in [1.165, 1.54) is 22.7 Å². The Morgan fingerprint density at radius 2 is 1.59 bits per heavy atom. The van der Waals surface area contributed by atoms with E-state index in [1.807, 2.05) is 12.1 Å². The van der Waals surface area contributed by atoms with E-state index in [-0.39, 0.29) is 17.0 Å². The Hall–Kier alpha value is -3.33. The van der Waals surface area contributed by atoms with E-state index in [2.05, 4.69) is 45.0 Å². The summed E-state index contributed by atoms with van der Waals surface area (Å²) in [7, 11) is 1.56. The molecule has 1 unspecified atom stereocenters. The summed E-state index contributed by atoms with van der Waals surface area (Å²) >= 11 is -1.96. The number of rotatable bonds is 7. The number of anilines is 1. The van der Waals surface area contributed by atoms with Crippen LogP contribution in [0, 0.1) is 0 Å². The van der Waals surface area contributed by atoms with Gasteiger partial charge in [-0.25, -0.2) is 0 Å². The molecule has 0 aliphatic carbocycles. The molecule has 166 valence electrons. The fraction of sp³-hybridized carbons (Fsp3) is 0.208. The molecule has 0 radical (unpaired) electrons. The van der Waals surface area contributed by atoms with E-state index >= 15 is 0 Å². The molecular weight excluding hydrogens is 467 g/mol. The molecule has 7 nitrogen and oxygen atoms in total. The van der Waals surface area contributed by atoms with Gasteiger partial charge >= 0.3 is 172 Å². The maximum atomic E-state index is 13.2. The standard InChI is InChI=1S/C24H27GeN3O4/c1-25(2,3)18-8-10-19(11-9-18)27-24(31)22(16-5-12-20(32-4)13-6-16)28-23(30)17-7-14-21(29)26-15-17/h5-15,22H,1-4H3,(H,26,29)(H,27,31)(H,28,30). The van der Waals surface area contributed by atoms with Crippen LogP contribution in [0.1, 0.15) is 22.0 Å². The molecule has 3 N–H and O–H groups in total. The Morgan fingerprint density at radius 3 is 2.12 bits per heavy atom. The molecule has 1 heterocycles. The van der Waals surface area contributed by atoms with E-state index in [4.69, 9.17) is 4.74 Å². The maximum absolute atomic E-state index is 13.2. The quantitative estimate of drug-likeness (QED) is 0.440. The van der Waals surface area contributed by atoms with Crippen LogP contribution in [0.5, 0.6) is 5.75 Å². The first-order chi connectivity index (χ1) is 15.2. The SMILES string of the molecule is COc1ccc(C(NC(=O)c2ccc(=O)[nH]c2)C(=O)Nc2cc[c]([Ge]([CH3])([CH3])[CH3])cc2)cc1. The van der Waals surface area contributed by atoms with Crippen molar-refractivity contribution >= 4 is 35.2 Å². The number of amides is 2. The number of pyridine rings is 1. The third kappa shape index (κ3) is 5.88. The third-order valence-corrected chi connectivity index (χ3v) is 9.38. The van der Waals surface area contributed by atoms with Crippen LogP contribution < -0.4 is 25.3 Å². The Labute approximate surface area is 189 Å². The van der Waals surface area contributed by atoms with Crippen molar-refractivity contribution in [2.24, 2.45) is 0 Å². The summed E-state index contributed by atoms with van der Waals surface area (Å²) in [6, 6.07) is 16.5. The van der Waals surface area contributed by atoms with Gasteiger partial charge in [-0.15, -0.1) is 0 Å². The van der Waals surface area contributed by atoms with Crippen LogP contribution in [0.2, 0.25) is 17.3 Å². The van der Waals surface area contributed by atoms with Crippen LogP contribution >= 0.6 is 0 Å². The van der Waals surface area contributed by atoms with Crippen molar-refractivity contribution < 1.29 is 14.3 Å². The number of aromatic amines is 1. The molecule has 0 bridgehead atoms. The molecule has 0 saturated carbocycles. The Morgan fingerprint density at radius 1 is 0.938 bits per heavy atom. The minimum absolute atomic E-state index is 0.247. The summed E-state index contributed by atoms with van der Waals surface area (Å²) in [5, 5.41) is 5.65. The number of hydrogen-bond donors (Lipinski definition) is 3. The van der Waals surface area contributed by atoms with Crippen molar-refractivity contribution in [1.82, 2.24) is 10.3 Å². The molecule has 0 saturated heterocycles. The Bertz CT molecular complexity index is 1130. The zero-order valence-corrected chi connectivity index (χ0v) is 20.7. The predicted octanol–water partition coefficient (Wildman–Crippen LogP) is 3.04. The van der Waals surface area contributed by atoms with Crippen LogP contribution in [0.3, 0.4) is 0 Å². The minimum atomic E-state index is -1.96. The summed E-state index contributed by atoms with van der Waals surface area (Å²) in [6.07, 6.45) is 1.32. The number of carbonyl (C=O) groups is 2. The van der Waals surface area contributed by atoms with Gasteiger partial charge in [0, 0.05) is 0 Å². The molecule has 2 amide bonds. The number of hydrogen-bond acceptors (Lipinski definition) is 4.